The maximum absolute atomic E-state index is 14.3. The van der Waals surface area contributed by atoms with E-state index in [4.69, 9.17) is 32.7 Å². The second kappa shape index (κ2) is 13.8. The van der Waals surface area contributed by atoms with Crippen LogP contribution >= 0.6 is 34.5 Å². The minimum Gasteiger partial charge on any atom is -0.507 e. The van der Waals surface area contributed by atoms with Gasteiger partial charge in [0.15, 0.2) is 0 Å². The first-order valence-corrected chi connectivity index (χ1v) is 18.7. The molecule has 8 rings (SSSR count). The van der Waals surface area contributed by atoms with Gasteiger partial charge in [-0.25, -0.2) is 0 Å². The monoisotopic (exact) mass is 764 g/mol. The van der Waals surface area contributed by atoms with Crippen LogP contribution in [0.1, 0.15) is 42.3 Å². The van der Waals surface area contributed by atoms with Gasteiger partial charge < -0.3 is 44.8 Å². The van der Waals surface area contributed by atoms with Crippen molar-refractivity contribution in [3.8, 4) is 11.5 Å². The molecule has 7 atom stereocenters. The number of aliphatic hydroxyl groups excluding tert-OH is 4. The van der Waals surface area contributed by atoms with Crippen LogP contribution in [0.15, 0.2) is 72.8 Å². The summed E-state index contributed by atoms with van der Waals surface area (Å²) in [5.74, 6) is -0.227. The number of fused-ring (bicyclic) bond motifs is 6. The van der Waals surface area contributed by atoms with Crippen molar-refractivity contribution in [2.45, 2.75) is 42.5 Å². The van der Waals surface area contributed by atoms with Crippen molar-refractivity contribution in [2.24, 2.45) is 0 Å². The average Bonchev–Trinajstić information content (AvgIpc) is 3.91. The van der Waals surface area contributed by atoms with Crippen molar-refractivity contribution in [3.05, 3.63) is 93.7 Å². The Morgan fingerprint density at radius 1 is 0.750 bits per heavy atom. The van der Waals surface area contributed by atoms with E-state index in [1.54, 1.807) is 34.1 Å². The Morgan fingerprint density at radius 2 is 1.27 bits per heavy atom. The van der Waals surface area contributed by atoms with Gasteiger partial charge in [-0.1, -0.05) is 48.5 Å². The highest BCUT2D eigenvalue weighted by atomic mass is 35.5. The fourth-order valence-corrected chi connectivity index (χ4v) is 9.11. The molecule has 4 aromatic carbocycles. The third-order valence-electron chi connectivity index (χ3n) is 10.3. The van der Waals surface area contributed by atoms with E-state index in [2.05, 4.69) is 0 Å². The molecule has 14 heteroatoms. The Labute approximate surface area is 311 Å². The number of amides is 2. The molecule has 52 heavy (non-hydrogen) atoms. The van der Waals surface area contributed by atoms with Crippen molar-refractivity contribution in [2.75, 3.05) is 41.3 Å². The standard InChI is InChI=1S/C38H34Cl2N2O9S/c39-13-18-15-41(24-11-26(44)20-5-1-3-7-22(20)31(18)24)36(48)29-9-10-30(52-29)37(49)42-16-19(14-40)32-23-8-4-2-6-21(23)27(12-25(32)42)50-38-35(47)34(46)33(45)28(17-43)51-38/h1-12,18-19,28,33-35,38,43-47H,13-17H2/t18-,19-,28?,33+,34?,35+,38-/m1/s1. The van der Waals surface area contributed by atoms with Crippen LogP contribution < -0.4 is 14.5 Å². The third-order valence-corrected chi connectivity index (χ3v) is 12.1. The van der Waals surface area contributed by atoms with E-state index in [1.165, 1.54) is 0 Å². The molecule has 1 aromatic heterocycles. The van der Waals surface area contributed by atoms with Crippen LogP contribution in [0.2, 0.25) is 0 Å². The highest BCUT2D eigenvalue weighted by Crippen LogP contribution is 2.48. The molecule has 5 aromatic rings. The number of halogens is 2. The molecular weight excluding hydrogens is 731 g/mol. The number of hydrogen-bond donors (Lipinski definition) is 5. The number of ether oxygens (including phenoxy) is 2. The molecule has 1 saturated heterocycles. The minimum atomic E-state index is -1.63. The molecule has 0 spiro atoms. The van der Waals surface area contributed by atoms with Crippen LogP contribution in [0.5, 0.6) is 11.5 Å². The summed E-state index contributed by atoms with van der Waals surface area (Å²) in [4.78, 5) is 32.2. The van der Waals surface area contributed by atoms with Crippen LogP contribution in [0.4, 0.5) is 11.4 Å². The smallest absolute Gasteiger partial charge is 0.268 e. The van der Waals surface area contributed by atoms with Gasteiger partial charge in [0.2, 0.25) is 6.29 Å². The number of aromatic hydroxyl groups is 1. The summed E-state index contributed by atoms with van der Waals surface area (Å²) >= 11 is 13.9. The number of rotatable bonds is 7. The van der Waals surface area contributed by atoms with Crippen molar-refractivity contribution >= 4 is 79.3 Å². The van der Waals surface area contributed by atoms with Crippen molar-refractivity contribution < 1.29 is 44.6 Å². The van der Waals surface area contributed by atoms with E-state index in [-0.39, 0.29) is 53.5 Å². The molecule has 5 N–H and O–H groups in total. The lowest BCUT2D eigenvalue weighted by molar-refractivity contribution is -0.277. The highest BCUT2D eigenvalue weighted by molar-refractivity contribution is 7.16. The van der Waals surface area contributed by atoms with Crippen LogP contribution in [0, 0.1) is 0 Å². The van der Waals surface area contributed by atoms with Crippen molar-refractivity contribution in [3.63, 3.8) is 0 Å². The van der Waals surface area contributed by atoms with Gasteiger partial charge in [0.1, 0.15) is 35.9 Å². The molecule has 2 unspecified atom stereocenters. The predicted molar refractivity (Wildman–Crippen MR) is 199 cm³/mol. The lowest BCUT2D eigenvalue weighted by Crippen LogP contribution is -2.60. The SMILES string of the molecule is O=C(c1ccc(C(=O)N2C[C@@H](CCl)c3c2cc(O[C@@H]2OC(CO)[C@H](O)C(O)[C@@H]2O)c2ccccc32)s1)N1C[C@@H](CCl)c2c1cc(O)c1ccccc21. The van der Waals surface area contributed by atoms with E-state index in [0.717, 1.165) is 33.2 Å². The van der Waals surface area contributed by atoms with Gasteiger partial charge in [-0.2, -0.15) is 0 Å². The second-order valence-corrected chi connectivity index (χ2v) is 14.9. The fourth-order valence-electron chi connectivity index (χ4n) is 7.70. The van der Waals surface area contributed by atoms with E-state index >= 15 is 0 Å². The molecule has 270 valence electrons. The summed E-state index contributed by atoms with van der Waals surface area (Å²) in [7, 11) is 0. The molecule has 11 nitrogen and oxygen atoms in total. The molecule has 2 amide bonds. The number of carbonyl (C=O) groups is 2. The topological polar surface area (TPSA) is 160 Å². The number of aliphatic hydroxyl groups is 4. The maximum atomic E-state index is 14.3. The summed E-state index contributed by atoms with van der Waals surface area (Å²) in [5.41, 5.74) is 2.85. The predicted octanol–water partition coefficient (Wildman–Crippen LogP) is 4.90. The van der Waals surface area contributed by atoms with Gasteiger partial charge in [-0.3, -0.25) is 9.59 Å². The van der Waals surface area contributed by atoms with Crippen LogP contribution in [0.3, 0.4) is 0 Å². The van der Waals surface area contributed by atoms with Gasteiger partial charge >= 0.3 is 0 Å². The highest BCUT2D eigenvalue weighted by Gasteiger charge is 2.45. The number of carbonyl (C=O) groups excluding carboxylic acids is 2. The number of anilines is 2. The Morgan fingerprint density at radius 3 is 1.83 bits per heavy atom. The molecular formula is C38H34Cl2N2O9S. The molecule has 0 saturated carbocycles. The number of alkyl halides is 2. The lowest BCUT2D eigenvalue weighted by Gasteiger charge is -2.39. The Balaban J connectivity index is 1.12. The number of phenolic OH excluding ortho intramolecular Hbond substituents is 1. The molecule has 4 heterocycles. The number of nitrogens with zero attached hydrogens (tertiary/aromatic N) is 2. The summed E-state index contributed by atoms with van der Waals surface area (Å²) in [5, 5.41) is 54.8. The zero-order chi connectivity index (χ0) is 36.4. The van der Waals surface area contributed by atoms with Gasteiger partial charge in [-0.15, -0.1) is 34.5 Å². The minimum absolute atomic E-state index is 0.0633. The third kappa shape index (κ3) is 5.60. The average molecular weight is 766 g/mol. The summed E-state index contributed by atoms with van der Waals surface area (Å²) in [6, 6.07) is 21.3. The van der Waals surface area contributed by atoms with Crippen LogP contribution in [-0.2, 0) is 4.74 Å². The zero-order valence-corrected chi connectivity index (χ0v) is 29.8. The lowest BCUT2D eigenvalue weighted by atomic mass is 9.95. The molecule has 0 bridgehead atoms. The Bertz CT molecular complexity index is 2210. The summed E-state index contributed by atoms with van der Waals surface area (Å²) in [6.07, 6.45) is -7.42. The molecule has 0 aliphatic carbocycles. The normalized spacial score (nSPS) is 25.5. The van der Waals surface area contributed by atoms with Gasteiger partial charge in [0.25, 0.3) is 11.8 Å². The largest absolute Gasteiger partial charge is 0.507 e. The first kappa shape index (κ1) is 35.1. The molecule has 1 fully saturated rings. The van der Waals surface area contributed by atoms with Crippen molar-refractivity contribution in [1.29, 1.82) is 0 Å². The van der Waals surface area contributed by atoms with Gasteiger partial charge in [0.05, 0.1) is 27.7 Å². The summed E-state index contributed by atoms with van der Waals surface area (Å²) < 4.78 is 11.8. The van der Waals surface area contributed by atoms with Crippen molar-refractivity contribution in [1.82, 2.24) is 0 Å². The van der Waals surface area contributed by atoms with Gasteiger partial charge in [-0.05, 0) is 34.0 Å². The van der Waals surface area contributed by atoms with Crippen LogP contribution in [-0.4, -0.2) is 99.5 Å². The van der Waals surface area contributed by atoms with E-state index < -0.39 is 37.3 Å². The first-order valence-electron chi connectivity index (χ1n) is 16.8. The zero-order valence-electron chi connectivity index (χ0n) is 27.4. The fraction of sp³-hybridized carbons (Fsp3) is 0.316. The number of thiophene rings is 1. The Kier molecular flexibility index (Phi) is 9.29. The molecule has 3 aliphatic heterocycles. The number of phenols is 1. The molecule has 3 aliphatic rings. The number of benzene rings is 4. The van der Waals surface area contributed by atoms with Crippen LogP contribution in [0.25, 0.3) is 21.5 Å². The van der Waals surface area contributed by atoms with E-state index in [0.29, 0.717) is 38.4 Å². The Hall–Kier alpha value is -3.98. The second-order valence-electron chi connectivity index (χ2n) is 13.2. The van der Waals surface area contributed by atoms with E-state index in [1.807, 2.05) is 48.5 Å². The first-order chi connectivity index (χ1) is 25.1. The van der Waals surface area contributed by atoms with Gasteiger partial charge in [0, 0.05) is 59.6 Å². The summed E-state index contributed by atoms with van der Waals surface area (Å²) in [6.45, 7) is -0.0270. The molecule has 0 radical (unpaired) electrons. The van der Waals surface area contributed by atoms with E-state index in [9.17, 15) is 35.1 Å². The quantitative estimate of drug-likeness (QED) is 0.145. The number of hydrogen-bond acceptors (Lipinski definition) is 10. The maximum Gasteiger partial charge on any atom is 0.268 e.